The second-order valence-electron chi connectivity index (χ2n) is 7.73. The first-order valence-electron chi connectivity index (χ1n) is 9.86. The first kappa shape index (κ1) is 23.5. The van der Waals surface area contributed by atoms with Gasteiger partial charge in [-0.15, -0.1) is 0 Å². The number of allylic oxidation sites excluding steroid dienone is 6. The van der Waals surface area contributed by atoms with Gasteiger partial charge in [-0.1, -0.05) is 0 Å². The molecule has 4 heteroatoms. The molecule has 0 aliphatic carbocycles. The van der Waals surface area contributed by atoms with Crippen LogP contribution in [0.15, 0.2) is 37.9 Å². The van der Waals surface area contributed by atoms with E-state index in [1.807, 2.05) is 5.84 Å². The number of hydrogen-bond acceptors (Lipinski definition) is 0. The molecule has 0 amide bonds. The van der Waals surface area contributed by atoms with Crippen LogP contribution in [0.3, 0.4) is 0 Å². The minimum absolute atomic E-state index is 0.146. The summed E-state index contributed by atoms with van der Waals surface area (Å²) in [4.78, 5) is 3.50. The summed E-state index contributed by atoms with van der Waals surface area (Å²) < 4.78 is 4.16. The average molecular weight is 603 g/mol. The van der Waals surface area contributed by atoms with Crippen molar-refractivity contribution in [2.75, 3.05) is 0 Å². The fourth-order valence-corrected chi connectivity index (χ4v) is 23.4. The van der Waals surface area contributed by atoms with Gasteiger partial charge in [-0.2, -0.15) is 0 Å². The van der Waals surface area contributed by atoms with Crippen LogP contribution in [-0.4, -0.2) is 49.1 Å². The number of unbranched alkanes of at least 4 members (excludes halogenated alkanes) is 2. The molecule has 26 heavy (non-hydrogen) atoms. The van der Waals surface area contributed by atoms with Gasteiger partial charge >= 0.3 is 196 Å². The van der Waals surface area contributed by atoms with Gasteiger partial charge in [-0.05, 0) is 0 Å². The second-order valence-corrected chi connectivity index (χ2v) is 19.5. The van der Waals surface area contributed by atoms with Gasteiger partial charge in [0.15, 0.2) is 0 Å². The Kier molecular flexibility index (Phi) is 8.49. The minimum atomic E-state index is -0.146. The number of rotatable bonds is 7. The first-order chi connectivity index (χ1) is 12.2. The zero-order chi connectivity index (χ0) is 19.8. The van der Waals surface area contributed by atoms with Crippen LogP contribution in [0.1, 0.15) is 81.1 Å². The zero-order valence-corrected chi connectivity index (χ0v) is 26.3. The summed E-state index contributed by atoms with van der Waals surface area (Å²) in [7, 11) is -0.292. The van der Waals surface area contributed by atoms with Gasteiger partial charge in [0, 0.05) is 0 Å². The summed E-state index contributed by atoms with van der Waals surface area (Å²) in [5.41, 5.74) is 6.53. The van der Waals surface area contributed by atoms with E-state index in [0.717, 1.165) is 0 Å². The van der Waals surface area contributed by atoms with Crippen LogP contribution < -0.4 is 0 Å². The molecular formula is C22H37S2Sn2. The molecule has 5 radical (unpaired) electrons. The topological polar surface area (TPSA) is 0 Å². The summed E-state index contributed by atoms with van der Waals surface area (Å²) in [6, 6.07) is 0. The Labute approximate surface area is 194 Å². The molecule has 2 aliphatic rings. The molecule has 0 fully saturated rings. The molecule has 0 nitrogen and oxygen atoms in total. The summed E-state index contributed by atoms with van der Waals surface area (Å²) in [6.45, 7) is 19.3. The molecule has 0 aromatic heterocycles. The van der Waals surface area contributed by atoms with E-state index in [4.69, 9.17) is 0 Å². The van der Waals surface area contributed by atoms with Crippen molar-refractivity contribution >= 4 is 66.8 Å². The van der Waals surface area contributed by atoms with E-state index < -0.39 is 0 Å². The standard InChI is InChI=1S/C22H35S2.2Sn.2H/c1-9-11-12-13-22(10-2,23-14-16(3)18(5)20(23)7)24-15-17(4)19(6)21(24)8;;;;/h12,23-24H,9-11,13H2,1-8H3;;;;. The van der Waals surface area contributed by atoms with Gasteiger partial charge in [0.2, 0.25) is 0 Å². The quantitative estimate of drug-likeness (QED) is 0.189. The molecule has 2 unspecified atom stereocenters. The van der Waals surface area contributed by atoms with Crippen molar-refractivity contribution in [3.05, 3.63) is 44.4 Å². The van der Waals surface area contributed by atoms with Crippen LogP contribution in [0.25, 0.3) is 0 Å². The van der Waals surface area contributed by atoms with Crippen LogP contribution in [0.5, 0.6) is 0 Å². The monoisotopic (exact) mass is 605 g/mol. The van der Waals surface area contributed by atoms with E-state index in [1.54, 1.807) is 32.1 Å². The fourth-order valence-electron chi connectivity index (χ4n) is 4.31. The summed E-state index contributed by atoms with van der Waals surface area (Å²) in [5, 5.41) is 0. The molecule has 0 saturated carbocycles. The predicted octanol–water partition coefficient (Wildman–Crippen LogP) is 6.37. The van der Waals surface area contributed by atoms with Gasteiger partial charge in [0.25, 0.3) is 0 Å². The van der Waals surface area contributed by atoms with Crippen LogP contribution in [0.2, 0.25) is 0 Å². The molecule has 2 aliphatic heterocycles. The van der Waals surface area contributed by atoms with Gasteiger partial charge in [0.1, 0.15) is 0 Å². The Morgan fingerprint density at radius 2 is 1.19 bits per heavy atom. The molecule has 0 bridgehead atoms. The van der Waals surface area contributed by atoms with Crippen molar-refractivity contribution in [1.29, 1.82) is 0 Å². The van der Waals surface area contributed by atoms with Crippen LogP contribution >= 0.6 is 21.8 Å². The van der Waals surface area contributed by atoms with Crippen LogP contribution in [-0.2, 0) is 0 Å². The van der Waals surface area contributed by atoms with E-state index in [9.17, 15) is 0 Å². The second kappa shape index (κ2) is 9.38. The Balaban J connectivity index is 2.66. The van der Waals surface area contributed by atoms with Crippen LogP contribution in [0, 0.1) is 6.42 Å². The Morgan fingerprint density at radius 1 is 0.769 bits per heavy atom. The average Bonchev–Trinajstić information content (AvgIpc) is 2.94. The summed E-state index contributed by atoms with van der Waals surface area (Å²) >= 11 is 2.62. The van der Waals surface area contributed by atoms with Crippen molar-refractivity contribution in [2.45, 2.75) is 85.2 Å². The molecule has 0 saturated heterocycles. The third-order valence-electron chi connectivity index (χ3n) is 6.49. The summed E-state index contributed by atoms with van der Waals surface area (Å²) in [5.74, 6) is 0. The van der Waals surface area contributed by atoms with Gasteiger partial charge in [-0.3, -0.25) is 0 Å². The fraction of sp³-hybridized carbons (Fsp3) is 0.591. The van der Waals surface area contributed by atoms with Gasteiger partial charge in [-0.25, -0.2) is 0 Å². The zero-order valence-electron chi connectivity index (χ0n) is 18.0. The van der Waals surface area contributed by atoms with E-state index in [0.29, 0.717) is 4.08 Å². The number of thiol groups is 2. The van der Waals surface area contributed by atoms with Gasteiger partial charge in [0.05, 0.1) is 0 Å². The van der Waals surface area contributed by atoms with Crippen molar-refractivity contribution in [1.82, 2.24) is 0 Å². The van der Waals surface area contributed by atoms with Gasteiger partial charge < -0.3 is 0 Å². The van der Waals surface area contributed by atoms with Crippen molar-refractivity contribution < 1.29 is 0 Å². The summed E-state index contributed by atoms with van der Waals surface area (Å²) in [6.07, 6.45) is 7.85. The third kappa shape index (κ3) is 3.83. The Hall–Kier alpha value is 1.26. The molecule has 2 atom stereocenters. The molecular weight excluding hydrogens is 566 g/mol. The van der Waals surface area contributed by atoms with Crippen molar-refractivity contribution in [3.8, 4) is 0 Å². The third-order valence-corrected chi connectivity index (χ3v) is 20.9. The van der Waals surface area contributed by atoms with E-state index >= 15 is 0 Å². The predicted molar refractivity (Wildman–Crippen MR) is 131 cm³/mol. The van der Waals surface area contributed by atoms with Crippen LogP contribution in [0.4, 0.5) is 0 Å². The van der Waals surface area contributed by atoms with E-state index in [2.05, 4.69) is 61.8 Å². The normalized spacial score (nSPS) is 29.3. The molecule has 145 valence electrons. The Morgan fingerprint density at radius 3 is 1.46 bits per heavy atom. The molecule has 2 heterocycles. The van der Waals surface area contributed by atoms with E-state index in [1.165, 1.54) is 70.7 Å². The molecule has 0 spiro atoms. The molecule has 0 N–H and O–H groups in total. The molecule has 0 aromatic rings. The maximum absolute atomic E-state index is 2.66. The number of hydrogen-bond donors (Lipinski definition) is 2. The first-order valence-corrected chi connectivity index (χ1v) is 15.8. The SMILES string of the molecule is CCC[CH]CC(CC)([SH]1C(C)=C(C)C(C)=[C]1[SnH])[SH]1C(C)=C(C)C(C)=[C]1[SnH]. The maximum atomic E-state index is 2.66. The molecule has 0 aromatic carbocycles. The Bertz CT molecular complexity index is 610. The van der Waals surface area contributed by atoms with Crippen molar-refractivity contribution in [3.63, 3.8) is 0 Å². The molecule has 2 rings (SSSR count). The van der Waals surface area contributed by atoms with E-state index in [-0.39, 0.29) is 21.8 Å². The van der Waals surface area contributed by atoms with Crippen molar-refractivity contribution in [2.24, 2.45) is 0 Å².